The number of nitrogens with one attached hydrogen (secondary N) is 1. The number of likely N-dealkylation sites (tertiary alicyclic amines) is 1. The molecule has 126 valence electrons. The van der Waals surface area contributed by atoms with Crippen molar-refractivity contribution in [3.05, 3.63) is 30.1 Å². The maximum absolute atomic E-state index is 12.9. The van der Waals surface area contributed by atoms with Crippen molar-refractivity contribution in [1.82, 2.24) is 15.2 Å². The molecule has 1 aliphatic carbocycles. The molecule has 0 spiro atoms. The Morgan fingerprint density at radius 1 is 1.29 bits per heavy atom. The number of carbonyl (C=O) groups is 2. The number of nitrogens with zero attached hydrogens (tertiary/aromatic N) is 3. The van der Waals surface area contributed by atoms with Gasteiger partial charge in [-0.15, -0.1) is 0 Å². The summed E-state index contributed by atoms with van der Waals surface area (Å²) in [5, 5.41) is 12.2. The predicted octanol–water partition coefficient (Wildman–Crippen LogP) is 1.38. The highest BCUT2D eigenvalue weighted by Gasteiger charge is 2.51. The Morgan fingerprint density at radius 2 is 2.08 bits per heavy atom. The van der Waals surface area contributed by atoms with E-state index in [-0.39, 0.29) is 18.4 Å². The summed E-state index contributed by atoms with van der Waals surface area (Å²) in [5.74, 6) is -0.251. The van der Waals surface area contributed by atoms with Crippen LogP contribution in [0.3, 0.4) is 0 Å². The summed E-state index contributed by atoms with van der Waals surface area (Å²) in [4.78, 5) is 31.7. The number of piperidine rings is 1. The van der Waals surface area contributed by atoms with E-state index < -0.39 is 10.8 Å². The molecule has 1 aromatic rings. The zero-order valence-electron chi connectivity index (χ0n) is 13.9. The van der Waals surface area contributed by atoms with Crippen molar-refractivity contribution in [2.75, 3.05) is 20.1 Å². The molecular formula is C18H22N4O2. The Bertz CT molecular complexity index is 678. The number of nitriles is 1. The van der Waals surface area contributed by atoms with E-state index >= 15 is 0 Å². The highest BCUT2D eigenvalue weighted by Crippen LogP contribution is 2.43. The number of hydrogen-bond donors (Lipinski definition) is 1. The van der Waals surface area contributed by atoms with Crippen LogP contribution in [0.25, 0.3) is 0 Å². The van der Waals surface area contributed by atoms with Gasteiger partial charge in [-0.25, -0.2) is 0 Å². The second kappa shape index (κ2) is 6.23. The lowest BCUT2D eigenvalue weighted by atomic mass is 9.68. The van der Waals surface area contributed by atoms with Crippen molar-refractivity contribution < 1.29 is 9.59 Å². The molecule has 0 bridgehead atoms. The average molecular weight is 326 g/mol. The number of aromatic nitrogens is 1. The zero-order valence-corrected chi connectivity index (χ0v) is 13.9. The summed E-state index contributed by atoms with van der Waals surface area (Å²) in [7, 11) is 1.61. The maximum atomic E-state index is 12.9. The van der Waals surface area contributed by atoms with Gasteiger partial charge in [-0.05, 0) is 44.2 Å². The molecule has 1 saturated carbocycles. The molecule has 6 heteroatoms. The number of carbonyl (C=O) groups excluding carboxylic acids is 2. The molecule has 1 unspecified atom stereocenters. The van der Waals surface area contributed by atoms with Gasteiger partial charge >= 0.3 is 0 Å². The van der Waals surface area contributed by atoms with Gasteiger partial charge in [0.15, 0.2) is 0 Å². The first kappa shape index (κ1) is 16.4. The Balaban J connectivity index is 1.93. The first-order valence-electron chi connectivity index (χ1n) is 8.42. The summed E-state index contributed by atoms with van der Waals surface area (Å²) in [6.07, 6.45) is 5.19. The third kappa shape index (κ3) is 2.44. The van der Waals surface area contributed by atoms with Crippen LogP contribution in [0.4, 0.5) is 0 Å². The molecular weight excluding hydrogens is 304 g/mol. The highest BCUT2D eigenvalue weighted by molar-refractivity contribution is 5.91. The van der Waals surface area contributed by atoms with Crippen molar-refractivity contribution in [3.63, 3.8) is 0 Å². The van der Waals surface area contributed by atoms with E-state index in [1.807, 2.05) is 18.2 Å². The van der Waals surface area contributed by atoms with Crippen molar-refractivity contribution >= 4 is 11.8 Å². The molecule has 1 saturated heterocycles. The van der Waals surface area contributed by atoms with Crippen molar-refractivity contribution in [2.45, 2.75) is 37.5 Å². The quantitative estimate of drug-likeness (QED) is 0.909. The van der Waals surface area contributed by atoms with Gasteiger partial charge in [-0.2, -0.15) is 5.26 Å². The summed E-state index contributed by atoms with van der Waals surface area (Å²) >= 11 is 0. The monoisotopic (exact) mass is 326 g/mol. The Hall–Kier alpha value is -2.42. The summed E-state index contributed by atoms with van der Waals surface area (Å²) in [6, 6.07) is 7.72. The fraction of sp³-hybridized carbons (Fsp3) is 0.556. The Kier molecular flexibility index (Phi) is 4.27. The molecule has 2 heterocycles. The lowest BCUT2D eigenvalue weighted by Gasteiger charge is -2.45. The van der Waals surface area contributed by atoms with E-state index in [4.69, 9.17) is 0 Å². The number of rotatable bonds is 3. The Labute approximate surface area is 141 Å². The van der Waals surface area contributed by atoms with E-state index in [1.165, 1.54) is 0 Å². The molecule has 1 aliphatic heterocycles. The highest BCUT2D eigenvalue weighted by atomic mass is 16.2. The van der Waals surface area contributed by atoms with Gasteiger partial charge in [-0.1, -0.05) is 6.07 Å². The van der Waals surface area contributed by atoms with Crippen molar-refractivity contribution in [3.8, 4) is 6.07 Å². The maximum Gasteiger partial charge on any atom is 0.243 e. The van der Waals surface area contributed by atoms with Gasteiger partial charge < -0.3 is 10.2 Å². The van der Waals surface area contributed by atoms with Crippen LogP contribution in [0.1, 0.15) is 37.8 Å². The number of pyridine rings is 1. The molecule has 1 aromatic heterocycles. The van der Waals surface area contributed by atoms with E-state index in [2.05, 4.69) is 16.4 Å². The fourth-order valence-electron chi connectivity index (χ4n) is 3.83. The van der Waals surface area contributed by atoms with Crippen LogP contribution in [0.2, 0.25) is 0 Å². The standard InChI is InChI=1S/C18H22N4O2/c1-20-15(23)18(14-6-2-3-10-21-14)9-5-11-22(13-18)16(24)17(12-19)7-4-8-17/h2-3,6,10H,4-5,7-9,11,13H2,1H3,(H,20,23). The van der Waals surface area contributed by atoms with Crippen LogP contribution in [0, 0.1) is 16.7 Å². The zero-order chi connectivity index (χ0) is 17.2. The van der Waals surface area contributed by atoms with Gasteiger partial charge in [-0.3, -0.25) is 14.6 Å². The largest absolute Gasteiger partial charge is 0.358 e. The first-order valence-corrected chi connectivity index (χ1v) is 8.42. The van der Waals surface area contributed by atoms with Crippen molar-refractivity contribution in [2.24, 2.45) is 5.41 Å². The number of hydrogen-bond acceptors (Lipinski definition) is 4. The normalized spacial score (nSPS) is 25.2. The molecule has 24 heavy (non-hydrogen) atoms. The lowest BCUT2D eigenvalue weighted by molar-refractivity contribution is -0.147. The van der Waals surface area contributed by atoms with Gasteiger partial charge in [0.2, 0.25) is 11.8 Å². The van der Waals surface area contributed by atoms with Crippen LogP contribution in [0.15, 0.2) is 24.4 Å². The van der Waals surface area contributed by atoms with Crippen LogP contribution >= 0.6 is 0 Å². The smallest absolute Gasteiger partial charge is 0.243 e. The minimum atomic E-state index is -0.879. The number of amides is 2. The van der Waals surface area contributed by atoms with E-state index in [0.717, 1.165) is 12.8 Å². The van der Waals surface area contributed by atoms with Gasteiger partial charge in [0.1, 0.15) is 10.8 Å². The Morgan fingerprint density at radius 3 is 2.62 bits per heavy atom. The van der Waals surface area contributed by atoms with Gasteiger partial charge in [0.25, 0.3) is 0 Å². The minimum Gasteiger partial charge on any atom is -0.358 e. The molecule has 6 nitrogen and oxygen atoms in total. The average Bonchev–Trinajstić information content (AvgIpc) is 2.61. The minimum absolute atomic E-state index is 0.125. The third-order valence-corrected chi connectivity index (χ3v) is 5.43. The molecule has 2 aliphatic rings. The first-order chi connectivity index (χ1) is 11.6. The molecule has 3 rings (SSSR count). The number of likely N-dealkylation sites (N-methyl/N-ethyl adjacent to an activating group) is 1. The fourth-order valence-corrected chi connectivity index (χ4v) is 3.83. The molecule has 0 aromatic carbocycles. The molecule has 2 amide bonds. The second-order valence-corrected chi connectivity index (χ2v) is 6.75. The van der Waals surface area contributed by atoms with Gasteiger partial charge in [0, 0.05) is 26.3 Å². The van der Waals surface area contributed by atoms with Crippen molar-refractivity contribution in [1.29, 1.82) is 5.26 Å². The lowest BCUT2D eigenvalue weighted by Crippen LogP contribution is -2.59. The molecule has 1 atom stereocenters. The van der Waals surface area contributed by atoms with Gasteiger partial charge in [0.05, 0.1) is 11.8 Å². The predicted molar refractivity (Wildman–Crippen MR) is 87.7 cm³/mol. The summed E-state index contributed by atoms with van der Waals surface area (Å²) in [6.45, 7) is 0.875. The topological polar surface area (TPSA) is 86.1 Å². The summed E-state index contributed by atoms with van der Waals surface area (Å²) < 4.78 is 0. The van der Waals surface area contributed by atoms with Crippen LogP contribution in [-0.4, -0.2) is 41.8 Å². The van der Waals surface area contributed by atoms with Crippen LogP contribution < -0.4 is 5.32 Å². The van der Waals surface area contributed by atoms with E-state index in [1.54, 1.807) is 18.1 Å². The van der Waals surface area contributed by atoms with Crippen LogP contribution in [-0.2, 0) is 15.0 Å². The van der Waals surface area contributed by atoms with Crippen LogP contribution in [0.5, 0.6) is 0 Å². The molecule has 2 fully saturated rings. The third-order valence-electron chi connectivity index (χ3n) is 5.43. The SMILES string of the molecule is CNC(=O)C1(c2ccccn2)CCCN(C(=O)C2(C#N)CCC2)C1. The molecule has 0 radical (unpaired) electrons. The van der Waals surface area contributed by atoms with E-state index in [9.17, 15) is 14.9 Å². The molecule has 1 N–H and O–H groups in total. The van der Waals surface area contributed by atoms with E-state index in [0.29, 0.717) is 31.5 Å². The summed E-state index contributed by atoms with van der Waals surface area (Å²) in [5.41, 5.74) is -1.04. The second-order valence-electron chi connectivity index (χ2n) is 6.75.